The van der Waals surface area contributed by atoms with Crippen LogP contribution in [0, 0.1) is 5.92 Å². The highest BCUT2D eigenvalue weighted by Crippen LogP contribution is 2.44. The lowest BCUT2D eigenvalue weighted by atomic mass is 9.69. The summed E-state index contributed by atoms with van der Waals surface area (Å²) >= 11 is 0. The Morgan fingerprint density at radius 1 is 0.917 bits per heavy atom. The fourth-order valence-electron chi connectivity index (χ4n) is 4.04. The summed E-state index contributed by atoms with van der Waals surface area (Å²) in [6.45, 7) is 0. The monoisotopic (exact) mass is 314 g/mol. The molecular weight excluding hydrogens is 300 g/mol. The number of para-hydroxylation sites is 2. The van der Waals surface area contributed by atoms with Crippen molar-refractivity contribution < 1.29 is 9.59 Å². The Morgan fingerprint density at radius 2 is 1.75 bits per heavy atom. The van der Waals surface area contributed by atoms with Gasteiger partial charge in [0.2, 0.25) is 11.8 Å². The number of hydrogen-bond donors (Lipinski definition) is 2. The van der Waals surface area contributed by atoms with E-state index >= 15 is 0 Å². The molecule has 0 saturated carbocycles. The first kappa shape index (κ1) is 13.3. The zero-order chi connectivity index (χ0) is 16.3. The second-order valence-corrected chi connectivity index (χ2v) is 6.31. The topological polar surface area (TPSA) is 62.0 Å². The molecule has 4 nitrogen and oxygen atoms in total. The van der Waals surface area contributed by atoms with Crippen molar-refractivity contribution in [2.45, 2.75) is 5.41 Å². The third kappa shape index (κ3) is 1.48. The van der Waals surface area contributed by atoms with Crippen LogP contribution in [0.1, 0.15) is 5.56 Å². The van der Waals surface area contributed by atoms with Gasteiger partial charge in [0, 0.05) is 16.3 Å². The Kier molecular flexibility index (Phi) is 2.47. The Morgan fingerprint density at radius 3 is 2.67 bits per heavy atom. The highest BCUT2D eigenvalue weighted by atomic mass is 16.2. The molecule has 3 aromatic rings. The minimum atomic E-state index is -0.980. The smallest absolute Gasteiger partial charge is 0.242 e. The van der Waals surface area contributed by atoms with Gasteiger partial charge in [-0.25, -0.2) is 0 Å². The summed E-state index contributed by atoms with van der Waals surface area (Å²) in [7, 11) is 0. The van der Waals surface area contributed by atoms with Crippen LogP contribution in [0.25, 0.3) is 21.8 Å². The van der Waals surface area contributed by atoms with Gasteiger partial charge >= 0.3 is 0 Å². The number of hydrogen-bond acceptors (Lipinski definition) is 2. The van der Waals surface area contributed by atoms with E-state index in [-0.39, 0.29) is 11.8 Å². The molecular formula is C20H14N2O2. The Labute approximate surface area is 137 Å². The number of fused-ring (bicyclic) bond motifs is 4. The van der Waals surface area contributed by atoms with Crippen molar-refractivity contribution in [2.24, 2.45) is 5.92 Å². The van der Waals surface area contributed by atoms with Crippen LogP contribution in [-0.2, 0) is 15.0 Å². The van der Waals surface area contributed by atoms with Gasteiger partial charge in [0.15, 0.2) is 0 Å². The molecule has 2 atom stereocenters. The molecule has 1 aliphatic carbocycles. The second-order valence-electron chi connectivity index (χ2n) is 6.31. The van der Waals surface area contributed by atoms with Gasteiger partial charge < -0.3 is 4.98 Å². The van der Waals surface area contributed by atoms with Crippen molar-refractivity contribution in [1.82, 2.24) is 10.3 Å². The van der Waals surface area contributed by atoms with Gasteiger partial charge in [-0.2, -0.15) is 0 Å². The summed E-state index contributed by atoms with van der Waals surface area (Å²) in [5.41, 5.74) is 1.79. The molecule has 116 valence electrons. The quantitative estimate of drug-likeness (QED) is 0.678. The lowest BCUT2D eigenvalue weighted by molar-refractivity contribution is -0.126. The fourth-order valence-corrected chi connectivity index (χ4v) is 4.04. The molecule has 1 fully saturated rings. The number of aromatic amines is 1. The zero-order valence-corrected chi connectivity index (χ0v) is 12.7. The van der Waals surface area contributed by atoms with Gasteiger partial charge in [0.05, 0.1) is 11.4 Å². The number of carbonyl (C=O) groups excluding carboxylic acids is 2. The normalized spacial score (nSPS) is 25.4. The van der Waals surface area contributed by atoms with Crippen molar-refractivity contribution in [3.8, 4) is 0 Å². The average molecular weight is 314 g/mol. The highest BCUT2D eigenvalue weighted by molar-refractivity contribution is 6.16. The predicted octanol–water partition coefficient (Wildman–Crippen LogP) is 2.96. The summed E-state index contributed by atoms with van der Waals surface area (Å²) in [4.78, 5) is 28.5. The Hall–Kier alpha value is -3.14. The Bertz CT molecular complexity index is 1090. The molecule has 0 radical (unpaired) electrons. The molecule has 1 aliphatic heterocycles. The Balaban J connectivity index is 1.89. The zero-order valence-electron chi connectivity index (χ0n) is 12.7. The van der Waals surface area contributed by atoms with Crippen LogP contribution in [-0.4, -0.2) is 16.8 Å². The first-order valence-corrected chi connectivity index (χ1v) is 7.93. The minimum Gasteiger partial charge on any atom is -0.354 e. The number of H-pyrrole nitrogens is 1. The van der Waals surface area contributed by atoms with Gasteiger partial charge in [-0.3, -0.25) is 14.9 Å². The number of allylic oxidation sites excluding steroid dienone is 2. The molecule has 2 amide bonds. The summed E-state index contributed by atoms with van der Waals surface area (Å²) in [5.74, 6) is -1.01. The number of carbonyl (C=O) groups is 2. The molecule has 4 heteroatoms. The van der Waals surface area contributed by atoms with Crippen LogP contribution in [0.3, 0.4) is 0 Å². The number of aromatic nitrogens is 1. The molecule has 2 aromatic carbocycles. The van der Waals surface area contributed by atoms with Gasteiger partial charge in [0.25, 0.3) is 0 Å². The lowest BCUT2D eigenvalue weighted by Gasteiger charge is -2.29. The third-order valence-electron chi connectivity index (χ3n) is 5.15. The maximum absolute atomic E-state index is 12.8. The molecule has 24 heavy (non-hydrogen) atoms. The fraction of sp³-hybridized carbons (Fsp3) is 0.100. The molecule has 0 spiro atoms. The first-order chi connectivity index (χ1) is 11.7. The van der Waals surface area contributed by atoms with E-state index in [9.17, 15) is 9.59 Å². The second kappa shape index (κ2) is 4.45. The molecule has 2 unspecified atom stereocenters. The maximum Gasteiger partial charge on any atom is 0.242 e. The molecule has 0 bridgehead atoms. The van der Waals surface area contributed by atoms with Crippen molar-refractivity contribution in [3.63, 3.8) is 0 Å². The van der Waals surface area contributed by atoms with E-state index in [1.54, 1.807) is 0 Å². The largest absolute Gasteiger partial charge is 0.354 e. The van der Waals surface area contributed by atoms with Gasteiger partial charge in [-0.1, -0.05) is 60.7 Å². The lowest BCUT2D eigenvalue weighted by Crippen LogP contribution is -2.38. The van der Waals surface area contributed by atoms with Crippen LogP contribution in [0.5, 0.6) is 0 Å². The molecule has 5 rings (SSSR count). The number of benzene rings is 2. The third-order valence-corrected chi connectivity index (χ3v) is 5.15. The van der Waals surface area contributed by atoms with E-state index in [1.165, 1.54) is 0 Å². The van der Waals surface area contributed by atoms with E-state index in [4.69, 9.17) is 0 Å². The van der Waals surface area contributed by atoms with Crippen LogP contribution in [0.4, 0.5) is 0 Å². The summed E-state index contributed by atoms with van der Waals surface area (Å²) in [6, 6.07) is 14.0. The summed E-state index contributed by atoms with van der Waals surface area (Å²) < 4.78 is 0. The van der Waals surface area contributed by atoms with Crippen molar-refractivity contribution in [1.29, 1.82) is 0 Å². The van der Waals surface area contributed by atoms with Crippen LogP contribution >= 0.6 is 0 Å². The standard InChI is InChI=1S/C20H14N2O2/c23-18-15-8-3-4-11-20(15,19(24)22-18)14-9-5-7-13-12-6-1-2-10-16(12)21-17(13)14/h1-11,15,21H,(H,22,23,24). The van der Waals surface area contributed by atoms with Gasteiger partial charge in [-0.15, -0.1) is 0 Å². The predicted molar refractivity (Wildman–Crippen MR) is 92.4 cm³/mol. The maximum atomic E-state index is 12.8. The van der Waals surface area contributed by atoms with E-state index in [0.29, 0.717) is 0 Å². The number of rotatable bonds is 1. The van der Waals surface area contributed by atoms with Crippen LogP contribution in [0.2, 0.25) is 0 Å². The van der Waals surface area contributed by atoms with Crippen molar-refractivity contribution in [2.75, 3.05) is 0 Å². The van der Waals surface area contributed by atoms with E-state index < -0.39 is 11.3 Å². The van der Waals surface area contributed by atoms with E-state index in [0.717, 1.165) is 27.4 Å². The molecule has 2 aliphatic rings. The minimum absolute atomic E-state index is 0.242. The van der Waals surface area contributed by atoms with Crippen LogP contribution in [0.15, 0.2) is 66.8 Å². The van der Waals surface area contributed by atoms with Gasteiger partial charge in [0.1, 0.15) is 5.41 Å². The SMILES string of the molecule is O=C1NC(=O)C2(c3cccc4c3[nH]c3ccccc34)C=CC=CC12. The summed E-state index contributed by atoms with van der Waals surface area (Å²) in [5, 5.41) is 4.68. The van der Waals surface area contributed by atoms with Crippen molar-refractivity contribution >= 4 is 33.6 Å². The number of nitrogens with one attached hydrogen (secondary N) is 2. The molecule has 2 N–H and O–H groups in total. The first-order valence-electron chi connectivity index (χ1n) is 7.93. The molecule has 1 saturated heterocycles. The number of amides is 2. The number of imide groups is 1. The van der Waals surface area contributed by atoms with E-state index in [2.05, 4.69) is 16.4 Å². The average Bonchev–Trinajstić information content (AvgIpc) is 3.11. The molecule has 1 aromatic heterocycles. The highest BCUT2D eigenvalue weighted by Gasteiger charge is 2.55. The van der Waals surface area contributed by atoms with Crippen molar-refractivity contribution in [3.05, 3.63) is 72.3 Å². The van der Waals surface area contributed by atoms with E-state index in [1.807, 2.05) is 60.7 Å². The van der Waals surface area contributed by atoms with Gasteiger partial charge in [-0.05, 0) is 11.6 Å². The summed E-state index contributed by atoms with van der Waals surface area (Å²) in [6.07, 6.45) is 7.32. The molecule has 2 heterocycles. The van der Waals surface area contributed by atoms with Crippen LogP contribution < -0.4 is 5.32 Å².